The summed E-state index contributed by atoms with van der Waals surface area (Å²) >= 11 is 0. The second kappa shape index (κ2) is 8.66. The van der Waals surface area contributed by atoms with Crippen LogP contribution >= 0.6 is 0 Å². The molecule has 1 aromatic heterocycles. The summed E-state index contributed by atoms with van der Waals surface area (Å²) in [6.07, 6.45) is 1.35. The zero-order valence-electron chi connectivity index (χ0n) is 15.0. The van der Waals surface area contributed by atoms with E-state index in [9.17, 15) is 9.59 Å². The Morgan fingerprint density at radius 2 is 2.00 bits per heavy atom. The number of ether oxygens (including phenoxy) is 2. The smallest absolute Gasteiger partial charge is 0.407 e. The fraction of sp³-hybridized carbons (Fsp3) is 0.588. The number of morpholine rings is 1. The summed E-state index contributed by atoms with van der Waals surface area (Å²) < 4.78 is 10.4. The number of carbonyl (C=O) groups is 2. The van der Waals surface area contributed by atoms with Gasteiger partial charge in [-0.05, 0) is 32.9 Å². The first-order chi connectivity index (χ1) is 11.8. The van der Waals surface area contributed by atoms with Crippen LogP contribution in [0.15, 0.2) is 18.3 Å². The average molecular weight is 350 g/mol. The second-order valence-electron chi connectivity index (χ2n) is 6.73. The summed E-state index contributed by atoms with van der Waals surface area (Å²) in [5.41, 5.74) is 0.450. The molecule has 8 nitrogen and oxygen atoms in total. The molecule has 0 atom stereocenters. The van der Waals surface area contributed by atoms with Crippen LogP contribution in [0.4, 0.5) is 16.3 Å². The lowest BCUT2D eigenvalue weighted by Gasteiger charge is -2.28. The van der Waals surface area contributed by atoms with E-state index in [1.165, 1.54) is 0 Å². The van der Waals surface area contributed by atoms with Crippen LogP contribution in [0.1, 0.15) is 27.2 Å². The van der Waals surface area contributed by atoms with Crippen molar-refractivity contribution < 1.29 is 19.1 Å². The molecule has 25 heavy (non-hydrogen) atoms. The highest BCUT2D eigenvalue weighted by Crippen LogP contribution is 2.16. The van der Waals surface area contributed by atoms with E-state index in [0.717, 1.165) is 18.8 Å². The summed E-state index contributed by atoms with van der Waals surface area (Å²) in [6, 6.07) is 3.69. The van der Waals surface area contributed by atoms with Crippen LogP contribution in [0.5, 0.6) is 0 Å². The Hall–Kier alpha value is -2.35. The molecule has 0 bridgehead atoms. The van der Waals surface area contributed by atoms with Crippen LogP contribution in [0.25, 0.3) is 0 Å². The highest BCUT2D eigenvalue weighted by Gasteiger charge is 2.16. The van der Waals surface area contributed by atoms with Crippen LogP contribution < -0.4 is 15.5 Å². The number of anilines is 2. The first kappa shape index (κ1) is 19.0. The van der Waals surface area contributed by atoms with Gasteiger partial charge in [0.25, 0.3) is 0 Å². The molecule has 1 saturated heterocycles. The molecule has 1 aromatic rings. The van der Waals surface area contributed by atoms with Crippen molar-refractivity contribution in [1.29, 1.82) is 0 Å². The number of nitrogens with one attached hydrogen (secondary N) is 2. The number of alkyl carbamates (subject to hydrolysis) is 1. The summed E-state index contributed by atoms with van der Waals surface area (Å²) in [5, 5.41) is 5.26. The third kappa shape index (κ3) is 6.96. The number of pyridine rings is 1. The van der Waals surface area contributed by atoms with E-state index in [2.05, 4.69) is 20.5 Å². The van der Waals surface area contributed by atoms with E-state index >= 15 is 0 Å². The molecule has 0 spiro atoms. The van der Waals surface area contributed by atoms with Gasteiger partial charge in [-0.3, -0.25) is 4.79 Å². The zero-order valence-corrected chi connectivity index (χ0v) is 15.0. The van der Waals surface area contributed by atoms with Crippen LogP contribution in [-0.4, -0.2) is 55.4 Å². The van der Waals surface area contributed by atoms with Crippen LogP contribution in [0.2, 0.25) is 0 Å². The SMILES string of the molecule is CC(C)(C)OC(=O)NCCC(=O)Nc1ccc(N2CCOCC2)cn1. The zero-order chi connectivity index (χ0) is 18.3. The minimum atomic E-state index is -0.557. The molecular formula is C17H26N4O4. The van der Waals surface area contributed by atoms with E-state index in [0.29, 0.717) is 19.0 Å². The van der Waals surface area contributed by atoms with Crippen molar-refractivity contribution in [2.45, 2.75) is 32.8 Å². The lowest BCUT2D eigenvalue weighted by Crippen LogP contribution is -2.36. The van der Waals surface area contributed by atoms with Crippen molar-refractivity contribution in [2.24, 2.45) is 0 Å². The molecule has 0 aliphatic carbocycles. The standard InChI is InChI=1S/C17H26N4O4/c1-17(2,3)25-16(23)18-7-6-15(22)20-14-5-4-13(12-19-14)21-8-10-24-11-9-21/h4-5,12H,6-11H2,1-3H3,(H,18,23)(H,19,20,22). The van der Waals surface area contributed by atoms with Crippen molar-refractivity contribution >= 4 is 23.5 Å². The van der Waals surface area contributed by atoms with E-state index in [4.69, 9.17) is 9.47 Å². The summed E-state index contributed by atoms with van der Waals surface area (Å²) in [6.45, 7) is 8.65. The van der Waals surface area contributed by atoms with Gasteiger partial charge in [0.05, 0.1) is 25.1 Å². The maximum absolute atomic E-state index is 11.9. The Kier molecular flexibility index (Phi) is 6.58. The molecule has 1 aliphatic heterocycles. The van der Waals surface area contributed by atoms with Gasteiger partial charge in [-0.15, -0.1) is 0 Å². The second-order valence-corrected chi connectivity index (χ2v) is 6.73. The van der Waals surface area contributed by atoms with E-state index in [-0.39, 0.29) is 18.9 Å². The van der Waals surface area contributed by atoms with Crippen molar-refractivity contribution in [1.82, 2.24) is 10.3 Å². The van der Waals surface area contributed by atoms with Gasteiger partial charge < -0.3 is 25.0 Å². The van der Waals surface area contributed by atoms with E-state index in [1.54, 1.807) is 33.0 Å². The van der Waals surface area contributed by atoms with Crippen LogP contribution in [-0.2, 0) is 14.3 Å². The van der Waals surface area contributed by atoms with Gasteiger partial charge in [-0.1, -0.05) is 0 Å². The van der Waals surface area contributed by atoms with Crippen molar-refractivity contribution in [3.63, 3.8) is 0 Å². The number of carbonyl (C=O) groups excluding carboxylic acids is 2. The van der Waals surface area contributed by atoms with Gasteiger partial charge >= 0.3 is 6.09 Å². The molecule has 0 radical (unpaired) electrons. The number of aromatic nitrogens is 1. The molecule has 1 aliphatic rings. The molecule has 2 rings (SSSR count). The Bertz CT molecular complexity index is 577. The number of nitrogens with zero attached hydrogens (tertiary/aromatic N) is 2. The van der Waals surface area contributed by atoms with Gasteiger partial charge in [0.2, 0.25) is 5.91 Å². The monoisotopic (exact) mass is 350 g/mol. The van der Waals surface area contributed by atoms with Crippen LogP contribution in [0.3, 0.4) is 0 Å². The van der Waals surface area contributed by atoms with Gasteiger partial charge in [-0.25, -0.2) is 9.78 Å². The molecule has 8 heteroatoms. The predicted molar refractivity (Wildman–Crippen MR) is 94.8 cm³/mol. The Labute approximate surface area is 147 Å². The number of hydrogen-bond donors (Lipinski definition) is 2. The summed E-state index contributed by atoms with van der Waals surface area (Å²) in [5.74, 6) is 0.266. The molecule has 2 heterocycles. The lowest BCUT2D eigenvalue weighted by atomic mass is 10.2. The maximum atomic E-state index is 11.9. The Balaban J connectivity index is 1.72. The van der Waals surface area contributed by atoms with Gasteiger partial charge in [-0.2, -0.15) is 0 Å². The molecule has 0 aromatic carbocycles. The number of rotatable bonds is 5. The highest BCUT2D eigenvalue weighted by atomic mass is 16.6. The predicted octanol–water partition coefficient (Wildman–Crippen LogP) is 1.77. The molecule has 138 valence electrons. The first-order valence-corrected chi connectivity index (χ1v) is 8.39. The number of hydrogen-bond acceptors (Lipinski definition) is 6. The largest absolute Gasteiger partial charge is 0.444 e. The third-order valence-corrected chi connectivity index (χ3v) is 3.41. The summed E-state index contributed by atoms with van der Waals surface area (Å²) in [4.78, 5) is 29.8. The molecule has 2 N–H and O–H groups in total. The summed E-state index contributed by atoms with van der Waals surface area (Å²) in [7, 11) is 0. The number of amides is 2. The fourth-order valence-electron chi connectivity index (χ4n) is 2.27. The third-order valence-electron chi connectivity index (χ3n) is 3.41. The van der Waals surface area contributed by atoms with Gasteiger partial charge in [0, 0.05) is 26.1 Å². The lowest BCUT2D eigenvalue weighted by molar-refractivity contribution is -0.116. The highest BCUT2D eigenvalue weighted by molar-refractivity contribution is 5.90. The van der Waals surface area contributed by atoms with Crippen molar-refractivity contribution in [3.8, 4) is 0 Å². The van der Waals surface area contributed by atoms with Gasteiger partial charge in [0.1, 0.15) is 11.4 Å². The van der Waals surface area contributed by atoms with E-state index < -0.39 is 11.7 Å². The molecule has 1 fully saturated rings. The maximum Gasteiger partial charge on any atom is 0.407 e. The van der Waals surface area contributed by atoms with E-state index in [1.807, 2.05) is 6.07 Å². The Morgan fingerprint density at radius 1 is 1.28 bits per heavy atom. The average Bonchev–Trinajstić information content (AvgIpc) is 2.54. The quantitative estimate of drug-likeness (QED) is 0.841. The molecular weight excluding hydrogens is 324 g/mol. The fourth-order valence-corrected chi connectivity index (χ4v) is 2.27. The molecule has 0 saturated carbocycles. The minimum absolute atomic E-state index is 0.145. The molecule has 2 amide bonds. The van der Waals surface area contributed by atoms with Crippen molar-refractivity contribution in [2.75, 3.05) is 43.1 Å². The normalized spacial score (nSPS) is 14.8. The first-order valence-electron chi connectivity index (χ1n) is 8.39. The molecule has 0 unspecified atom stereocenters. The van der Waals surface area contributed by atoms with Crippen molar-refractivity contribution in [3.05, 3.63) is 18.3 Å². The van der Waals surface area contributed by atoms with Gasteiger partial charge in [0.15, 0.2) is 0 Å². The minimum Gasteiger partial charge on any atom is -0.444 e. The topological polar surface area (TPSA) is 92.8 Å². The van der Waals surface area contributed by atoms with Crippen LogP contribution in [0, 0.1) is 0 Å². The Morgan fingerprint density at radius 3 is 2.60 bits per heavy atom.